The molecule has 1 rings (SSSR count). The number of terminal acetylenes is 1. The Kier molecular flexibility index (Phi) is 6.46. The fourth-order valence-electron chi connectivity index (χ4n) is 2.16. The zero-order valence-electron chi connectivity index (χ0n) is 11.8. The highest BCUT2D eigenvalue weighted by Gasteiger charge is 2.13. The van der Waals surface area contributed by atoms with Crippen LogP contribution < -0.4 is 5.32 Å². The van der Waals surface area contributed by atoms with E-state index in [4.69, 9.17) is 6.42 Å². The molecule has 0 aliphatic heterocycles. The average molecular weight is 244 g/mol. The molecule has 1 aromatic rings. The Labute approximate surface area is 111 Å². The second-order valence-electron chi connectivity index (χ2n) is 4.73. The molecule has 2 nitrogen and oxygen atoms in total. The molecule has 0 aliphatic carbocycles. The minimum Gasteiger partial charge on any atom is -0.310 e. The summed E-state index contributed by atoms with van der Waals surface area (Å²) in [6, 6.07) is 4.66. The summed E-state index contributed by atoms with van der Waals surface area (Å²) >= 11 is 0. The summed E-state index contributed by atoms with van der Waals surface area (Å²) in [4.78, 5) is 4.55. The molecule has 98 valence electrons. The van der Waals surface area contributed by atoms with Gasteiger partial charge in [0.1, 0.15) is 0 Å². The van der Waals surface area contributed by atoms with Gasteiger partial charge in [0.15, 0.2) is 0 Å². The second kappa shape index (κ2) is 7.89. The van der Waals surface area contributed by atoms with Gasteiger partial charge in [-0.05, 0) is 51.3 Å². The summed E-state index contributed by atoms with van der Waals surface area (Å²) in [5.41, 5.74) is 3.52. The van der Waals surface area contributed by atoms with Crippen LogP contribution in [0.25, 0.3) is 0 Å². The summed E-state index contributed by atoms with van der Waals surface area (Å²) in [5, 5.41) is 3.60. The van der Waals surface area contributed by atoms with Gasteiger partial charge in [0.05, 0.1) is 0 Å². The van der Waals surface area contributed by atoms with Crippen LogP contribution in [0.2, 0.25) is 0 Å². The molecule has 1 aromatic heterocycles. The summed E-state index contributed by atoms with van der Waals surface area (Å²) in [7, 11) is 0. The molecule has 1 heterocycles. The molecule has 0 radical (unpaired) electrons. The van der Waals surface area contributed by atoms with E-state index in [0.717, 1.165) is 43.6 Å². The lowest BCUT2D eigenvalue weighted by atomic mass is 9.99. The predicted octanol–water partition coefficient (Wildman–Crippen LogP) is 3.54. The van der Waals surface area contributed by atoms with Gasteiger partial charge in [-0.15, -0.1) is 12.3 Å². The van der Waals surface area contributed by atoms with E-state index >= 15 is 0 Å². The predicted molar refractivity (Wildman–Crippen MR) is 77.4 cm³/mol. The van der Waals surface area contributed by atoms with Crippen molar-refractivity contribution in [2.24, 2.45) is 0 Å². The Hall–Kier alpha value is -1.33. The van der Waals surface area contributed by atoms with Crippen LogP contribution in [-0.4, -0.2) is 11.5 Å². The average Bonchev–Trinajstić information content (AvgIpc) is 2.34. The third-order valence-corrected chi connectivity index (χ3v) is 3.10. The number of nitrogens with zero attached hydrogens (tertiary/aromatic N) is 1. The van der Waals surface area contributed by atoms with Gasteiger partial charge in [-0.1, -0.05) is 13.0 Å². The third kappa shape index (κ3) is 4.50. The summed E-state index contributed by atoms with van der Waals surface area (Å²) in [6.07, 6.45) is 9.45. The topological polar surface area (TPSA) is 24.9 Å². The van der Waals surface area contributed by atoms with Crippen molar-refractivity contribution in [2.45, 2.75) is 52.5 Å². The van der Waals surface area contributed by atoms with Gasteiger partial charge in [0.2, 0.25) is 0 Å². The number of aryl methyl sites for hydroxylation is 2. The van der Waals surface area contributed by atoms with Crippen LogP contribution in [0.5, 0.6) is 0 Å². The molecule has 0 saturated heterocycles. The smallest absolute Gasteiger partial charge is 0.0423 e. The van der Waals surface area contributed by atoms with Crippen molar-refractivity contribution in [2.75, 3.05) is 6.54 Å². The van der Waals surface area contributed by atoms with Gasteiger partial charge in [-0.25, -0.2) is 0 Å². The maximum Gasteiger partial charge on any atom is 0.0423 e. The monoisotopic (exact) mass is 244 g/mol. The van der Waals surface area contributed by atoms with Gasteiger partial charge >= 0.3 is 0 Å². The molecule has 0 fully saturated rings. The van der Waals surface area contributed by atoms with Gasteiger partial charge in [-0.2, -0.15) is 0 Å². The van der Waals surface area contributed by atoms with E-state index in [2.05, 4.69) is 42.2 Å². The molecular weight excluding hydrogens is 220 g/mol. The van der Waals surface area contributed by atoms with E-state index in [1.54, 1.807) is 0 Å². The first-order valence-electron chi connectivity index (χ1n) is 6.80. The number of aromatic nitrogens is 1. The number of nitrogens with one attached hydrogen (secondary N) is 1. The Bertz CT molecular complexity index is 404. The van der Waals surface area contributed by atoms with Crippen LogP contribution in [0.15, 0.2) is 12.1 Å². The standard InChI is InChI=1S/C16H24N2/c1-5-7-8-9-16(17-12-6-2)15-11-10-13(3)18-14(15)4/h1,10-11,16-17H,6-9,12H2,2-4H3. The SMILES string of the molecule is C#CCCCC(NCCC)c1ccc(C)nc1C. The molecule has 1 atom stereocenters. The lowest BCUT2D eigenvalue weighted by Crippen LogP contribution is -2.23. The van der Waals surface area contributed by atoms with Crippen LogP contribution in [0.4, 0.5) is 0 Å². The lowest BCUT2D eigenvalue weighted by Gasteiger charge is -2.20. The summed E-state index contributed by atoms with van der Waals surface area (Å²) < 4.78 is 0. The second-order valence-corrected chi connectivity index (χ2v) is 4.73. The van der Waals surface area contributed by atoms with Crippen molar-refractivity contribution in [3.05, 3.63) is 29.1 Å². The summed E-state index contributed by atoms with van der Waals surface area (Å²) in [5.74, 6) is 2.71. The van der Waals surface area contributed by atoms with E-state index in [9.17, 15) is 0 Å². The molecule has 0 aromatic carbocycles. The molecule has 0 spiro atoms. The van der Waals surface area contributed by atoms with Crippen molar-refractivity contribution in [1.29, 1.82) is 0 Å². The highest BCUT2D eigenvalue weighted by Crippen LogP contribution is 2.22. The van der Waals surface area contributed by atoms with Gasteiger partial charge < -0.3 is 5.32 Å². The quantitative estimate of drug-likeness (QED) is 0.586. The first-order valence-corrected chi connectivity index (χ1v) is 6.80. The largest absolute Gasteiger partial charge is 0.310 e. The molecule has 0 saturated carbocycles. The highest BCUT2D eigenvalue weighted by atomic mass is 14.9. The Morgan fingerprint density at radius 3 is 2.78 bits per heavy atom. The van der Waals surface area contributed by atoms with Crippen LogP contribution >= 0.6 is 0 Å². The van der Waals surface area contributed by atoms with Gasteiger partial charge in [0.25, 0.3) is 0 Å². The van der Waals surface area contributed by atoms with E-state index in [1.165, 1.54) is 5.56 Å². The van der Waals surface area contributed by atoms with E-state index < -0.39 is 0 Å². The van der Waals surface area contributed by atoms with Crippen LogP contribution in [0.1, 0.15) is 55.6 Å². The number of hydrogen-bond donors (Lipinski definition) is 1. The number of hydrogen-bond acceptors (Lipinski definition) is 2. The first-order chi connectivity index (χ1) is 8.69. The minimum atomic E-state index is 0.381. The van der Waals surface area contributed by atoms with Gasteiger partial charge in [0, 0.05) is 23.9 Å². The zero-order valence-corrected chi connectivity index (χ0v) is 11.8. The Balaban J connectivity index is 2.76. The van der Waals surface area contributed by atoms with Crippen molar-refractivity contribution in [3.63, 3.8) is 0 Å². The Morgan fingerprint density at radius 2 is 2.17 bits per heavy atom. The molecule has 0 aliphatic rings. The number of pyridine rings is 1. The van der Waals surface area contributed by atoms with Crippen molar-refractivity contribution >= 4 is 0 Å². The molecule has 18 heavy (non-hydrogen) atoms. The maximum atomic E-state index is 5.32. The Morgan fingerprint density at radius 1 is 1.39 bits per heavy atom. The third-order valence-electron chi connectivity index (χ3n) is 3.10. The first kappa shape index (κ1) is 14.7. The van der Waals surface area contributed by atoms with Crippen molar-refractivity contribution in [1.82, 2.24) is 10.3 Å². The molecule has 1 unspecified atom stereocenters. The van der Waals surface area contributed by atoms with Crippen molar-refractivity contribution < 1.29 is 0 Å². The fourth-order valence-corrected chi connectivity index (χ4v) is 2.16. The van der Waals surface area contributed by atoms with E-state index in [1.807, 2.05) is 6.92 Å². The van der Waals surface area contributed by atoms with Crippen LogP contribution in [0, 0.1) is 26.2 Å². The minimum absolute atomic E-state index is 0.381. The molecule has 1 N–H and O–H groups in total. The van der Waals surface area contributed by atoms with Crippen LogP contribution in [0.3, 0.4) is 0 Å². The molecule has 0 bridgehead atoms. The number of unbranched alkanes of at least 4 members (excludes halogenated alkanes) is 1. The molecule has 0 amide bonds. The zero-order chi connectivity index (χ0) is 13.4. The van der Waals surface area contributed by atoms with Crippen LogP contribution in [-0.2, 0) is 0 Å². The number of rotatable bonds is 7. The van der Waals surface area contributed by atoms with E-state index in [-0.39, 0.29) is 0 Å². The molecular formula is C16H24N2. The normalized spacial score (nSPS) is 12.1. The lowest BCUT2D eigenvalue weighted by molar-refractivity contribution is 0.484. The molecule has 2 heteroatoms. The van der Waals surface area contributed by atoms with Gasteiger partial charge in [-0.3, -0.25) is 4.98 Å². The maximum absolute atomic E-state index is 5.32. The van der Waals surface area contributed by atoms with Crippen molar-refractivity contribution in [3.8, 4) is 12.3 Å². The summed E-state index contributed by atoms with van der Waals surface area (Å²) in [6.45, 7) is 7.34. The highest BCUT2D eigenvalue weighted by molar-refractivity contribution is 5.25. The van der Waals surface area contributed by atoms with E-state index in [0.29, 0.717) is 6.04 Å². The fraction of sp³-hybridized carbons (Fsp3) is 0.562.